The molecular weight excluding hydrogens is 270 g/mol. The zero-order valence-electron chi connectivity index (χ0n) is 9.82. The molecule has 1 aromatic rings. The third-order valence-electron chi connectivity index (χ3n) is 2.48. The van der Waals surface area contributed by atoms with Crippen LogP contribution in [0, 0.1) is 5.82 Å². The zero-order chi connectivity index (χ0) is 13.8. The predicted octanol–water partition coefficient (Wildman–Crippen LogP) is 3.95. The standard InChI is InChI=1S/C12H14ClF4N/c1-2-18-8(7-12(15,16)17)6-9-10(13)4-3-5-11(9)14/h3-5,8,18H,2,6-7H2,1H3. The van der Waals surface area contributed by atoms with E-state index in [9.17, 15) is 17.6 Å². The second-order valence-corrected chi connectivity index (χ2v) is 4.39. The Labute approximate surface area is 108 Å². The number of hydrogen-bond donors (Lipinski definition) is 1. The molecular formula is C12H14ClF4N. The molecule has 1 N–H and O–H groups in total. The Kier molecular flexibility index (Phi) is 5.41. The normalized spacial score (nSPS) is 13.7. The van der Waals surface area contributed by atoms with E-state index in [4.69, 9.17) is 11.6 Å². The van der Waals surface area contributed by atoms with Crippen LogP contribution in [0.2, 0.25) is 5.02 Å². The average Bonchev–Trinajstić information content (AvgIpc) is 2.21. The summed E-state index contributed by atoms with van der Waals surface area (Å²) in [6.45, 7) is 2.08. The molecule has 18 heavy (non-hydrogen) atoms. The summed E-state index contributed by atoms with van der Waals surface area (Å²) < 4.78 is 50.6. The Hall–Kier alpha value is -0.810. The number of likely N-dealkylation sites (N-methyl/N-ethyl adjacent to an activating group) is 1. The van der Waals surface area contributed by atoms with Crippen LogP contribution in [0.3, 0.4) is 0 Å². The van der Waals surface area contributed by atoms with E-state index in [2.05, 4.69) is 5.32 Å². The molecule has 102 valence electrons. The Morgan fingerprint density at radius 1 is 1.33 bits per heavy atom. The highest BCUT2D eigenvalue weighted by atomic mass is 35.5. The van der Waals surface area contributed by atoms with Gasteiger partial charge in [0.1, 0.15) is 5.82 Å². The molecule has 1 unspecified atom stereocenters. The van der Waals surface area contributed by atoms with Gasteiger partial charge >= 0.3 is 6.18 Å². The maximum Gasteiger partial charge on any atom is 0.390 e. The van der Waals surface area contributed by atoms with Gasteiger partial charge in [0, 0.05) is 16.6 Å². The fraction of sp³-hybridized carbons (Fsp3) is 0.500. The Morgan fingerprint density at radius 3 is 2.50 bits per heavy atom. The molecule has 0 saturated carbocycles. The van der Waals surface area contributed by atoms with Gasteiger partial charge in [-0.1, -0.05) is 24.6 Å². The Bertz CT molecular complexity index is 372. The lowest BCUT2D eigenvalue weighted by Gasteiger charge is -2.20. The lowest BCUT2D eigenvalue weighted by molar-refractivity contribution is -0.139. The highest BCUT2D eigenvalue weighted by Gasteiger charge is 2.32. The maximum absolute atomic E-state index is 13.5. The highest BCUT2D eigenvalue weighted by molar-refractivity contribution is 6.31. The van der Waals surface area contributed by atoms with Crippen LogP contribution in [-0.2, 0) is 6.42 Å². The van der Waals surface area contributed by atoms with Crippen LogP contribution in [0.1, 0.15) is 18.9 Å². The summed E-state index contributed by atoms with van der Waals surface area (Å²) in [5.41, 5.74) is 0.120. The van der Waals surface area contributed by atoms with Gasteiger partial charge in [0.2, 0.25) is 0 Å². The average molecular weight is 284 g/mol. The maximum atomic E-state index is 13.5. The van der Waals surface area contributed by atoms with E-state index in [1.807, 2.05) is 0 Å². The summed E-state index contributed by atoms with van der Waals surface area (Å²) in [4.78, 5) is 0. The smallest absolute Gasteiger partial charge is 0.314 e. The lowest BCUT2D eigenvalue weighted by Crippen LogP contribution is -2.35. The molecule has 1 atom stereocenters. The number of benzene rings is 1. The Morgan fingerprint density at radius 2 is 2.00 bits per heavy atom. The fourth-order valence-electron chi connectivity index (χ4n) is 1.76. The highest BCUT2D eigenvalue weighted by Crippen LogP contribution is 2.26. The number of alkyl halides is 3. The van der Waals surface area contributed by atoms with E-state index in [-0.39, 0.29) is 17.0 Å². The molecule has 0 aliphatic carbocycles. The second kappa shape index (κ2) is 6.38. The molecule has 6 heteroatoms. The van der Waals surface area contributed by atoms with Crippen molar-refractivity contribution in [3.05, 3.63) is 34.6 Å². The third kappa shape index (κ3) is 4.82. The lowest BCUT2D eigenvalue weighted by atomic mass is 10.0. The Balaban J connectivity index is 2.83. The summed E-state index contributed by atoms with van der Waals surface area (Å²) in [6.07, 6.45) is -5.38. The van der Waals surface area contributed by atoms with Crippen molar-refractivity contribution in [2.75, 3.05) is 6.54 Å². The van der Waals surface area contributed by atoms with Crippen LogP contribution in [0.15, 0.2) is 18.2 Å². The van der Waals surface area contributed by atoms with Crippen molar-refractivity contribution in [1.82, 2.24) is 5.32 Å². The summed E-state index contributed by atoms with van der Waals surface area (Å²) in [5, 5.41) is 2.85. The number of hydrogen-bond acceptors (Lipinski definition) is 1. The van der Waals surface area contributed by atoms with Crippen molar-refractivity contribution in [2.24, 2.45) is 0 Å². The third-order valence-corrected chi connectivity index (χ3v) is 2.84. The molecule has 0 aromatic heterocycles. The molecule has 0 saturated heterocycles. The van der Waals surface area contributed by atoms with Gasteiger partial charge in [0.25, 0.3) is 0 Å². The first-order chi connectivity index (χ1) is 8.33. The molecule has 0 radical (unpaired) electrons. The summed E-state index contributed by atoms with van der Waals surface area (Å²) in [7, 11) is 0. The molecule has 1 rings (SSSR count). The van der Waals surface area contributed by atoms with Gasteiger partial charge < -0.3 is 5.32 Å². The number of rotatable bonds is 5. The minimum absolute atomic E-state index is 0.0845. The van der Waals surface area contributed by atoms with Crippen LogP contribution < -0.4 is 5.32 Å². The van der Waals surface area contributed by atoms with Crippen molar-refractivity contribution in [2.45, 2.75) is 32.0 Å². The molecule has 1 nitrogen and oxygen atoms in total. The summed E-state index contributed by atoms with van der Waals surface area (Å²) in [5.74, 6) is -0.576. The minimum Gasteiger partial charge on any atom is -0.314 e. The SMILES string of the molecule is CCNC(Cc1c(F)cccc1Cl)CC(F)(F)F. The number of nitrogens with one attached hydrogen (secondary N) is 1. The first kappa shape index (κ1) is 15.2. The number of halogens is 5. The van der Waals surface area contributed by atoms with Crippen molar-refractivity contribution in [1.29, 1.82) is 0 Å². The fourth-order valence-corrected chi connectivity index (χ4v) is 2.00. The van der Waals surface area contributed by atoms with Crippen molar-refractivity contribution >= 4 is 11.6 Å². The van der Waals surface area contributed by atoms with E-state index in [1.54, 1.807) is 6.92 Å². The van der Waals surface area contributed by atoms with Gasteiger partial charge in [-0.05, 0) is 25.1 Å². The van der Waals surface area contributed by atoms with E-state index in [0.29, 0.717) is 6.54 Å². The first-order valence-electron chi connectivity index (χ1n) is 5.56. The van der Waals surface area contributed by atoms with Gasteiger partial charge in [0.05, 0.1) is 6.42 Å². The second-order valence-electron chi connectivity index (χ2n) is 3.98. The molecule has 0 aliphatic heterocycles. The van der Waals surface area contributed by atoms with E-state index < -0.39 is 24.5 Å². The van der Waals surface area contributed by atoms with Crippen LogP contribution in [0.25, 0.3) is 0 Å². The minimum atomic E-state index is -4.29. The van der Waals surface area contributed by atoms with E-state index >= 15 is 0 Å². The monoisotopic (exact) mass is 283 g/mol. The summed E-state index contributed by atoms with van der Waals surface area (Å²) in [6, 6.07) is 3.21. The van der Waals surface area contributed by atoms with E-state index in [0.717, 1.165) is 0 Å². The molecule has 0 aliphatic rings. The van der Waals surface area contributed by atoms with Gasteiger partial charge in [-0.2, -0.15) is 13.2 Å². The largest absolute Gasteiger partial charge is 0.390 e. The first-order valence-corrected chi connectivity index (χ1v) is 5.94. The van der Waals surface area contributed by atoms with Crippen molar-refractivity contribution < 1.29 is 17.6 Å². The van der Waals surface area contributed by atoms with Gasteiger partial charge in [-0.15, -0.1) is 0 Å². The molecule has 0 spiro atoms. The van der Waals surface area contributed by atoms with Crippen LogP contribution in [0.5, 0.6) is 0 Å². The quantitative estimate of drug-likeness (QED) is 0.807. The van der Waals surface area contributed by atoms with Crippen molar-refractivity contribution in [3.63, 3.8) is 0 Å². The summed E-state index contributed by atoms with van der Waals surface area (Å²) >= 11 is 5.80. The van der Waals surface area contributed by atoms with Gasteiger partial charge in [-0.25, -0.2) is 4.39 Å². The van der Waals surface area contributed by atoms with Gasteiger partial charge in [-0.3, -0.25) is 0 Å². The molecule has 0 heterocycles. The zero-order valence-corrected chi connectivity index (χ0v) is 10.6. The van der Waals surface area contributed by atoms with Gasteiger partial charge in [0.15, 0.2) is 0 Å². The van der Waals surface area contributed by atoms with Crippen LogP contribution >= 0.6 is 11.6 Å². The molecule has 0 bridgehead atoms. The van der Waals surface area contributed by atoms with Crippen molar-refractivity contribution in [3.8, 4) is 0 Å². The molecule has 0 fully saturated rings. The molecule has 1 aromatic carbocycles. The van der Waals surface area contributed by atoms with Crippen LogP contribution in [-0.4, -0.2) is 18.8 Å². The van der Waals surface area contributed by atoms with E-state index in [1.165, 1.54) is 18.2 Å². The molecule has 0 amide bonds. The topological polar surface area (TPSA) is 12.0 Å². The van der Waals surface area contributed by atoms with Crippen LogP contribution in [0.4, 0.5) is 17.6 Å². The predicted molar refractivity (Wildman–Crippen MR) is 63.3 cm³/mol.